The van der Waals surface area contributed by atoms with E-state index < -0.39 is 41.6 Å². The van der Waals surface area contributed by atoms with Gasteiger partial charge in [0.25, 0.3) is 0 Å². The van der Waals surface area contributed by atoms with E-state index in [1.807, 2.05) is 74.5 Å². The van der Waals surface area contributed by atoms with Crippen LogP contribution in [-0.2, 0) is 36.9 Å². The van der Waals surface area contributed by atoms with Gasteiger partial charge in [-0.3, -0.25) is 9.59 Å². The molecule has 0 saturated carbocycles. The second-order valence-electron chi connectivity index (χ2n) is 8.44. The van der Waals surface area contributed by atoms with Crippen molar-refractivity contribution in [3.63, 3.8) is 0 Å². The van der Waals surface area contributed by atoms with Crippen LogP contribution in [0.25, 0.3) is 0 Å². The molecule has 2 unspecified atom stereocenters. The molecule has 0 heterocycles. The fraction of sp³-hybridized carbons (Fsp3) is 0.385. The summed E-state index contributed by atoms with van der Waals surface area (Å²) in [6.07, 6.45) is -0.463. The molecule has 0 fully saturated rings. The molecule has 1 amide bonds. The largest absolute Gasteiger partial charge is 0.468 e. The molecule has 2 aromatic rings. The standard InChI is InChI=1S/C26H32N2O6/c1-17(2)14-20(24(30)22(27)25(31)33-3)23(29)21(15-18-10-6-4-7-11-18)28-26(32)34-16-19-12-8-5-9-13-19/h4-13,17,20-22H,14-16,27H2,1-3H3,(H,28,32)/t20?,21-,22?/m0/s1. The number of hydrogen-bond acceptors (Lipinski definition) is 7. The molecule has 0 aliphatic rings. The number of benzene rings is 2. The summed E-state index contributed by atoms with van der Waals surface area (Å²) in [6.45, 7) is 3.73. The number of carbonyl (C=O) groups excluding carboxylic acids is 4. The lowest BCUT2D eigenvalue weighted by atomic mass is 9.82. The highest BCUT2D eigenvalue weighted by Gasteiger charge is 2.38. The zero-order valence-corrected chi connectivity index (χ0v) is 19.7. The number of ketones is 2. The number of alkyl carbamates (subject to hydrolysis) is 1. The van der Waals surface area contributed by atoms with Crippen molar-refractivity contribution in [2.75, 3.05) is 7.11 Å². The Kier molecular flexibility index (Phi) is 10.4. The van der Waals surface area contributed by atoms with Crippen LogP contribution < -0.4 is 11.1 Å². The van der Waals surface area contributed by atoms with Crippen molar-refractivity contribution in [2.24, 2.45) is 17.6 Å². The van der Waals surface area contributed by atoms with E-state index in [1.165, 1.54) is 0 Å². The van der Waals surface area contributed by atoms with Gasteiger partial charge in [-0.15, -0.1) is 0 Å². The molecule has 34 heavy (non-hydrogen) atoms. The van der Waals surface area contributed by atoms with E-state index in [2.05, 4.69) is 10.1 Å². The Balaban J connectivity index is 2.24. The second-order valence-corrected chi connectivity index (χ2v) is 8.44. The maximum atomic E-state index is 13.6. The molecule has 0 aliphatic heterocycles. The third-order valence-corrected chi connectivity index (χ3v) is 5.29. The summed E-state index contributed by atoms with van der Waals surface area (Å²) in [5.41, 5.74) is 7.34. The molecule has 0 saturated heterocycles. The average Bonchev–Trinajstić information content (AvgIpc) is 2.85. The third kappa shape index (κ3) is 8.12. The minimum atomic E-state index is -1.58. The van der Waals surface area contributed by atoms with Crippen LogP contribution in [0.5, 0.6) is 0 Å². The number of nitrogens with two attached hydrogens (primary N) is 1. The van der Waals surface area contributed by atoms with Crippen molar-refractivity contribution in [2.45, 2.75) is 45.4 Å². The minimum absolute atomic E-state index is 0.0283. The van der Waals surface area contributed by atoms with Crippen LogP contribution in [-0.4, -0.2) is 42.8 Å². The van der Waals surface area contributed by atoms with Gasteiger partial charge in [-0.25, -0.2) is 9.59 Å². The van der Waals surface area contributed by atoms with Crippen LogP contribution in [0.15, 0.2) is 60.7 Å². The van der Waals surface area contributed by atoms with Gasteiger partial charge in [-0.1, -0.05) is 74.5 Å². The van der Waals surface area contributed by atoms with Crippen molar-refractivity contribution < 1.29 is 28.7 Å². The number of esters is 1. The zero-order valence-electron chi connectivity index (χ0n) is 19.7. The summed E-state index contributed by atoms with van der Waals surface area (Å²) in [7, 11) is 1.12. The molecule has 0 radical (unpaired) electrons. The Labute approximate surface area is 199 Å². The van der Waals surface area contributed by atoms with Gasteiger partial charge >= 0.3 is 12.1 Å². The molecule has 182 valence electrons. The van der Waals surface area contributed by atoms with Gasteiger partial charge in [-0.05, 0) is 29.9 Å². The number of carbonyl (C=O) groups is 4. The Morgan fingerprint density at radius 3 is 1.97 bits per heavy atom. The molecular formula is C26H32N2O6. The van der Waals surface area contributed by atoms with Crippen molar-refractivity contribution in [3.05, 3.63) is 71.8 Å². The summed E-state index contributed by atoms with van der Waals surface area (Å²) < 4.78 is 9.86. The molecule has 3 N–H and O–H groups in total. The summed E-state index contributed by atoms with van der Waals surface area (Å²) in [5, 5.41) is 2.61. The van der Waals surface area contributed by atoms with Gasteiger partial charge in [-0.2, -0.15) is 0 Å². The maximum Gasteiger partial charge on any atom is 0.408 e. The van der Waals surface area contributed by atoms with E-state index in [0.29, 0.717) is 0 Å². The Bertz CT molecular complexity index is 962. The van der Waals surface area contributed by atoms with E-state index in [0.717, 1.165) is 18.2 Å². The Morgan fingerprint density at radius 2 is 1.44 bits per heavy atom. The first kappa shape index (κ1) is 26.7. The summed E-state index contributed by atoms with van der Waals surface area (Å²) in [6, 6.07) is 15.6. The van der Waals surface area contributed by atoms with E-state index in [-0.39, 0.29) is 25.4 Å². The van der Waals surface area contributed by atoms with E-state index in [9.17, 15) is 19.2 Å². The molecular weight excluding hydrogens is 436 g/mol. The van der Waals surface area contributed by atoms with Gasteiger partial charge in [0.2, 0.25) is 0 Å². The molecule has 0 aromatic heterocycles. The number of Topliss-reactive ketones (excluding diaryl/α,β-unsaturated/α-hetero) is 2. The number of amides is 1. The molecule has 8 heteroatoms. The monoisotopic (exact) mass is 468 g/mol. The normalized spacial score (nSPS) is 13.4. The lowest BCUT2D eigenvalue weighted by Crippen LogP contribution is -2.51. The van der Waals surface area contributed by atoms with Crippen molar-refractivity contribution in [1.82, 2.24) is 5.32 Å². The fourth-order valence-corrected chi connectivity index (χ4v) is 3.53. The van der Waals surface area contributed by atoms with Gasteiger partial charge in [0.15, 0.2) is 17.6 Å². The SMILES string of the molecule is COC(=O)C(N)C(=O)C(CC(C)C)C(=O)[C@H](Cc1ccccc1)NC(=O)OCc1ccccc1. The van der Waals surface area contributed by atoms with Crippen LogP contribution >= 0.6 is 0 Å². The highest BCUT2D eigenvalue weighted by molar-refractivity contribution is 6.14. The van der Waals surface area contributed by atoms with Crippen LogP contribution in [0.2, 0.25) is 0 Å². The fourth-order valence-electron chi connectivity index (χ4n) is 3.53. The predicted molar refractivity (Wildman–Crippen MR) is 127 cm³/mol. The van der Waals surface area contributed by atoms with Crippen LogP contribution in [0, 0.1) is 11.8 Å². The third-order valence-electron chi connectivity index (χ3n) is 5.29. The Morgan fingerprint density at radius 1 is 0.882 bits per heavy atom. The minimum Gasteiger partial charge on any atom is -0.468 e. The van der Waals surface area contributed by atoms with Crippen molar-refractivity contribution in [3.8, 4) is 0 Å². The highest BCUT2D eigenvalue weighted by atomic mass is 16.5. The maximum absolute atomic E-state index is 13.6. The number of rotatable bonds is 12. The zero-order chi connectivity index (χ0) is 25.1. The lowest BCUT2D eigenvalue weighted by Gasteiger charge is -2.25. The van der Waals surface area contributed by atoms with Crippen molar-refractivity contribution in [1.29, 1.82) is 0 Å². The summed E-state index contributed by atoms with van der Waals surface area (Å²) in [5.74, 6) is -3.40. The molecule has 3 atom stereocenters. The molecule has 8 nitrogen and oxygen atoms in total. The summed E-state index contributed by atoms with van der Waals surface area (Å²) in [4.78, 5) is 50.9. The smallest absolute Gasteiger partial charge is 0.408 e. The number of methoxy groups -OCH3 is 1. The molecule has 0 spiro atoms. The number of hydrogen-bond donors (Lipinski definition) is 2. The molecule has 0 bridgehead atoms. The molecule has 2 rings (SSSR count). The van der Waals surface area contributed by atoms with Gasteiger partial charge in [0.1, 0.15) is 6.61 Å². The van der Waals surface area contributed by atoms with E-state index in [1.54, 1.807) is 0 Å². The number of ether oxygens (including phenoxy) is 2. The quantitative estimate of drug-likeness (QED) is 0.362. The Hall–Kier alpha value is -3.52. The first-order valence-corrected chi connectivity index (χ1v) is 11.1. The average molecular weight is 469 g/mol. The second kappa shape index (κ2) is 13.3. The van der Waals surface area contributed by atoms with E-state index in [4.69, 9.17) is 10.5 Å². The topological polar surface area (TPSA) is 125 Å². The van der Waals surface area contributed by atoms with E-state index >= 15 is 0 Å². The van der Waals surface area contributed by atoms with Crippen molar-refractivity contribution >= 4 is 23.6 Å². The van der Waals surface area contributed by atoms with Crippen LogP contribution in [0.3, 0.4) is 0 Å². The van der Waals surface area contributed by atoms with Gasteiger partial charge in [0.05, 0.1) is 19.1 Å². The number of nitrogens with one attached hydrogen (secondary N) is 1. The van der Waals surface area contributed by atoms with Crippen LogP contribution in [0.1, 0.15) is 31.4 Å². The first-order chi connectivity index (χ1) is 16.2. The first-order valence-electron chi connectivity index (χ1n) is 11.1. The molecule has 0 aliphatic carbocycles. The summed E-state index contributed by atoms with van der Waals surface area (Å²) >= 11 is 0. The van der Waals surface area contributed by atoms with Crippen LogP contribution in [0.4, 0.5) is 4.79 Å². The highest BCUT2D eigenvalue weighted by Crippen LogP contribution is 2.19. The molecule has 2 aromatic carbocycles. The lowest BCUT2D eigenvalue weighted by molar-refractivity contribution is -0.147. The van der Waals surface area contributed by atoms with Gasteiger partial charge in [0, 0.05) is 0 Å². The van der Waals surface area contributed by atoms with Gasteiger partial charge < -0.3 is 20.5 Å². The predicted octanol–water partition coefficient (Wildman–Crippen LogP) is 2.82.